The highest BCUT2D eigenvalue weighted by Gasteiger charge is 2.38. The zero-order valence-corrected chi connectivity index (χ0v) is 23.0. The van der Waals surface area contributed by atoms with E-state index in [0.717, 1.165) is 40.9 Å². The number of carbonyl (C=O) groups is 1. The highest BCUT2D eigenvalue weighted by atomic mass is 16.6. The van der Waals surface area contributed by atoms with Gasteiger partial charge in [0.2, 0.25) is 0 Å². The number of benzene rings is 1. The first-order valence-electron chi connectivity index (χ1n) is 13.7. The summed E-state index contributed by atoms with van der Waals surface area (Å²) in [5, 5.41) is 19.7. The molecule has 0 aliphatic carbocycles. The van der Waals surface area contributed by atoms with Gasteiger partial charge >= 0.3 is 6.09 Å². The minimum atomic E-state index is -0.630. The predicted molar refractivity (Wildman–Crippen MR) is 149 cm³/mol. The van der Waals surface area contributed by atoms with Crippen molar-refractivity contribution in [1.29, 1.82) is 0 Å². The average molecular weight is 546 g/mol. The Morgan fingerprint density at radius 3 is 2.70 bits per heavy atom. The fraction of sp³-hybridized carbons (Fsp3) is 0.448. The van der Waals surface area contributed by atoms with Crippen molar-refractivity contribution in [2.24, 2.45) is 0 Å². The van der Waals surface area contributed by atoms with Crippen LogP contribution in [0.15, 0.2) is 48.9 Å². The van der Waals surface area contributed by atoms with Gasteiger partial charge in [0, 0.05) is 30.5 Å². The molecule has 2 aliphatic heterocycles. The second kappa shape index (κ2) is 10.2. The number of aliphatic hydroxyl groups excluding tert-OH is 1. The number of nitrogens with two attached hydrogens (primary N) is 1. The van der Waals surface area contributed by atoms with Crippen LogP contribution in [0.4, 0.5) is 10.6 Å². The molecular formula is C29H35N7O4. The third-order valence-electron chi connectivity index (χ3n) is 7.54. The molecule has 0 radical (unpaired) electrons. The molecule has 2 aliphatic rings. The second-order valence-electron chi connectivity index (χ2n) is 11.5. The molecule has 40 heavy (non-hydrogen) atoms. The molecule has 3 N–H and O–H groups in total. The number of nitrogens with zero attached hydrogens (tertiary/aromatic N) is 6. The van der Waals surface area contributed by atoms with E-state index in [1.165, 1.54) is 6.33 Å². The number of nitrogen functional groups attached to an aromatic ring is 1. The molecule has 2 saturated heterocycles. The summed E-state index contributed by atoms with van der Waals surface area (Å²) in [4.78, 5) is 18.9. The average Bonchev–Trinajstić information content (AvgIpc) is 3.65. The van der Waals surface area contributed by atoms with Crippen LogP contribution in [0.2, 0.25) is 0 Å². The van der Waals surface area contributed by atoms with E-state index in [1.54, 1.807) is 4.90 Å². The third kappa shape index (κ3) is 4.90. The SMILES string of the molecule is CC(C)(C)OC(=O)N1CC(O)CC1c1cccc(-c2cc(-c3ccnn3C3CCOCC3)c3c(N)ncnn23)c1. The monoisotopic (exact) mass is 545 g/mol. The molecular weight excluding hydrogens is 510 g/mol. The van der Waals surface area contributed by atoms with Gasteiger partial charge in [0.1, 0.15) is 17.4 Å². The van der Waals surface area contributed by atoms with Crippen molar-refractivity contribution in [3.05, 3.63) is 54.5 Å². The van der Waals surface area contributed by atoms with Gasteiger partial charge in [-0.2, -0.15) is 10.2 Å². The molecule has 2 fully saturated rings. The molecule has 5 heterocycles. The summed E-state index contributed by atoms with van der Waals surface area (Å²) in [5.41, 5.74) is 11.0. The van der Waals surface area contributed by atoms with Crippen molar-refractivity contribution in [3.63, 3.8) is 0 Å². The summed E-state index contributed by atoms with van der Waals surface area (Å²) in [6.07, 6.45) is 4.42. The largest absolute Gasteiger partial charge is 0.444 e. The number of carbonyl (C=O) groups excluding carboxylic acids is 1. The Balaban J connectivity index is 1.41. The molecule has 3 aromatic heterocycles. The maximum absolute atomic E-state index is 13.0. The molecule has 1 amide bonds. The van der Waals surface area contributed by atoms with Crippen molar-refractivity contribution in [3.8, 4) is 22.5 Å². The molecule has 11 heteroatoms. The summed E-state index contributed by atoms with van der Waals surface area (Å²) in [5.74, 6) is 0.377. The third-order valence-corrected chi connectivity index (χ3v) is 7.54. The number of hydrogen-bond acceptors (Lipinski definition) is 8. The number of amides is 1. The smallest absolute Gasteiger partial charge is 0.410 e. The Kier molecular flexibility index (Phi) is 6.71. The van der Waals surface area contributed by atoms with E-state index in [-0.39, 0.29) is 18.6 Å². The Morgan fingerprint density at radius 2 is 1.93 bits per heavy atom. The standard InChI is InChI=1S/C29H35N7O4/c1-29(2,3)40-28(38)34-16-21(37)14-24(34)18-5-4-6-19(13-18)25-15-22(26-27(30)31-17-33-36(25)26)23-7-10-32-35(23)20-8-11-39-12-9-20/h4-7,10,13,15,17,20-21,24,37H,8-9,11-12,14,16H2,1-3H3,(H2,30,31,33). The number of likely N-dealkylation sites (tertiary alicyclic amines) is 1. The van der Waals surface area contributed by atoms with Gasteiger partial charge in [0.25, 0.3) is 0 Å². The van der Waals surface area contributed by atoms with Crippen LogP contribution in [0.25, 0.3) is 28.0 Å². The number of anilines is 1. The van der Waals surface area contributed by atoms with Crippen molar-refractivity contribution in [2.45, 2.75) is 63.8 Å². The van der Waals surface area contributed by atoms with Crippen molar-refractivity contribution < 1.29 is 19.4 Å². The number of ether oxygens (including phenoxy) is 2. The first-order chi connectivity index (χ1) is 19.2. The molecule has 0 saturated carbocycles. The number of β-amino-alcohol motifs (C(OH)–C–C–N with tert-alkyl or cyclic N) is 1. The second-order valence-corrected chi connectivity index (χ2v) is 11.5. The lowest BCUT2D eigenvalue weighted by molar-refractivity contribution is 0.0206. The molecule has 0 bridgehead atoms. The quantitative estimate of drug-likeness (QED) is 0.389. The minimum absolute atomic E-state index is 0.224. The topological polar surface area (TPSA) is 133 Å². The van der Waals surface area contributed by atoms with Crippen LogP contribution in [-0.4, -0.2) is 71.9 Å². The summed E-state index contributed by atoms with van der Waals surface area (Å²) >= 11 is 0. The highest BCUT2D eigenvalue weighted by molar-refractivity contribution is 5.91. The van der Waals surface area contributed by atoms with Gasteiger partial charge in [-0.05, 0) is 63.8 Å². The molecule has 2 atom stereocenters. The van der Waals surface area contributed by atoms with Crippen LogP contribution >= 0.6 is 0 Å². The van der Waals surface area contributed by atoms with E-state index in [1.807, 2.05) is 61.8 Å². The molecule has 6 rings (SSSR count). The fourth-order valence-corrected chi connectivity index (χ4v) is 5.77. The number of aromatic nitrogens is 5. The Bertz CT molecular complexity index is 1530. The van der Waals surface area contributed by atoms with Gasteiger partial charge in [-0.15, -0.1) is 0 Å². The molecule has 11 nitrogen and oxygen atoms in total. The predicted octanol–water partition coefficient (Wildman–Crippen LogP) is 4.24. The van der Waals surface area contributed by atoms with Gasteiger partial charge in [-0.25, -0.2) is 14.3 Å². The maximum Gasteiger partial charge on any atom is 0.410 e. The van der Waals surface area contributed by atoms with Crippen LogP contribution in [0.5, 0.6) is 0 Å². The van der Waals surface area contributed by atoms with Crippen molar-refractivity contribution in [2.75, 3.05) is 25.5 Å². The van der Waals surface area contributed by atoms with Gasteiger partial charge in [-0.3, -0.25) is 9.58 Å². The first-order valence-corrected chi connectivity index (χ1v) is 13.7. The minimum Gasteiger partial charge on any atom is -0.444 e. The van der Waals surface area contributed by atoms with Crippen LogP contribution in [-0.2, 0) is 9.47 Å². The van der Waals surface area contributed by atoms with E-state index < -0.39 is 17.8 Å². The molecule has 0 spiro atoms. The van der Waals surface area contributed by atoms with Crippen LogP contribution in [0.3, 0.4) is 0 Å². The Labute approximate surface area is 232 Å². The van der Waals surface area contributed by atoms with Crippen LogP contribution in [0.1, 0.15) is 57.7 Å². The summed E-state index contributed by atoms with van der Waals surface area (Å²) < 4.78 is 15.1. The molecule has 210 valence electrons. The summed E-state index contributed by atoms with van der Waals surface area (Å²) in [7, 11) is 0. The number of rotatable bonds is 4. The normalized spacial score (nSPS) is 20.4. The zero-order chi connectivity index (χ0) is 28.0. The molecule has 4 aromatic rings. The van der Waals surface area contributed by atoms with Crippen molar-refractivity contribution in [1.82, 2.24) is 29.3 Å². The Hall–Kier alpha value is -3.96. The lowest BCUT2D eigenvalue weighted by Crippen LogP contribution is -2.37. The summed E-state index contributed by atoms with van der Waals surface area (Å²) in [6, 6.07) is 12.0. The van der Waals surface area contributed by atoms with E-state index in [4.69, 9.17) is 15.2 Å². The molecule has 2 unspecified atom stereocenters. The number of fused-ring (bicyclic) bond motifs is 1. The van der Waals surface area contributed by atoms with Crippen molar-refractivity contribution >= 4 is 17.4 Å². The Morgan fingerprint density at radius 1 is 1.12 bits per heavy atom. The lowest BCUT2D eigenvalue weighted by Gasteiger charge is -2.28. The van der Waals surface area contributed by atoms with Gasteiger partial charge in [0.05, 0.1) is 36.1 Å². The highest BCUT2D eigenvalue weighted by Crippen LogP contribution is 2.39. The van der Waals surface area contributed by atoms with Gasteiger partial charge in [0.15, 0.2) is 5.82 Å². The van der Waals surface area contributed by atoms with Gasteiger partial charge in [-0.1, -0.05) is 18.2 Å². The number of aliphatic hydroxyl groups is 1. The summed E-state index contributed by atoms with van der Waals surface area (Å²) in [6.45, 7) is 7.15. The van der Waals surface area contributed by atoms with Gasteiger partial charge < -0.3 is 20.3 Å². The van der Waals surface area contributed by atoms with E-state index in [0.29, 0.717) is 31.0 Å². The van der Waals surface area contributed by atoms with E-state index in [9.17, 15) is 9.90 Å². The fourth-order valence-electron chi connectivity index (χ4n) is 5.77. The van der Waals surface area contributed by atoms with E-state index in [2.05, 4.69) is 25.9 Å². The maximum atomic E-state index is 13.0. The number of hydrogen-bond donors (Lipinski definition) is 2. The zero-order valence-electron chi connectivity index (χ0n) is 23.0. The lowest BCUT2D eigenvalue weighted by atomic mass is 10.00. The van der Waals surface area contributed by atoms with Crippen LogP contribution < -0.4 is 5.73 Å². The first kappa shape index (κ1) is 26.3. The molecule has 1 aromatic carbocycles. The van der Waals surface area contributed by atoms with E-state index >= 15 is 0 Å². The van der Waals surface area contributed by atoms with Crippen LogP contribution in [0, 0.1) is 0 Å².